The van der Waals surface area contributed by atoms with E-state index in [2.05, 4.69) is 31.3 Å². The van der Waals surface area contributed by atoms with E-state index in [1.54, 1.807) is 0 Å². The van der Waals surface area contributed by atoms with Gasteiger partial charge < -0.3 is 16.2 Å². The first-order chi connectivity index (χ1) is 23.1. The molecule has 1 amide bonds. The summed E-state index contributed by atoms with van der Waals surface area (Å²) < 4.78 is 0. The average molecular weight is 678 g/mol. The summed E-state index contributed by atoms with van der Waals surface area (Å²) in [4.78, 5) is 51.9. The number of ketones is 2. The lowest BCUT2D eigenvalue weighted by molar-refractivity contribution is -0.163. The maximum absolute atomic E-state index is 13.6. The van der Waals surface area contributed by atoms with E-state index in [0.717, 1.165) is 57.8 Å². The second-order valence-electron chi connectivity index (χ2n) is 14.2. The molecule has 0 aromatic heterocycles. The second kappa shape index (κ2) is 29.8. The molecule has 0 aliphatic carbocycles. The molecule has 0 aliphatic heterocycles. The maximum atomic E-state index is 13.6. The lowest BCUT2D eigenvalue weighted by atomic mass is 9.67. The highest BCUT2D eigenvalue weighted by Gasteiger charge is 2.60. The Kier molecular flexibility index (Phi) is 28.5. The Morgan fingerprint density at radius 1 is 0.562 bits per heavy atom. The van der Waals surface area contributed by atoms with Crippen molar-refractivity contribution in [2.45, 2.75) is 206 Å². The minimum atomic E-state index is -2.57. The van der Waals surface area contributed by atoms with Crippen LogP contribution in [0.3, 0.4) is 0 Å². The number of unbranched alkanes of at least 4 members (excludes halogenated alkanes) is 23. The van der Waals surface area contributed by atoms with Gasteiger partial charge in [-0.05, 0) is 45.4 Å². The summed E-state index contributed by atoms with van der Waals surface area (Å²) in [6.07, 6.45) is 34.2. The van der Waals surface area contributed by atoms with E-state index in [9.17, 15) is 24.3 Å². The molecular formula is C40H75N3O5. The number of nitrogens with two attached hydrogens (primary N) is 2. The molecule has 2 unspecified atom stereocenters. The highest BCUT2D eigenvalue weighted by molar-refractivity contribution is 6.12. The highest BCUT2D eigenvalue weighted by atomic mass is 16.4. The molecule has 0 heterocycles. The van der Waals surface area contributed by atoms with Crippen molar-refractivity contribution in [3.05, 3.63) is 12.2 Å². The minimum absolute atomic E-state index is 0.0315. The predicted molar refractivity (Wildman–Crippen MR) is 200 cm³/mol. The average Bonchev–Trinajstić information content (AvgIpc) is 3.07. The van der Waals surface area contributed by atoms with E-state index in [4.69, 9.17) is 11.5 Å². The summed E-state index contributed by atoms with van der Waals surface area (Å²) in [6, 6.07) is 0. The number of amides is 1. The molecule has 0 saturated heterocycles. The van der Waals surface area contributed by atoms with Crippen LogP contribution in [0.1, 0.15) is 201 Å². The minimum Gasteiger partial charge on any atom is -0.478 e. The molecule has 0 aromatic carbocycles. The van der Waals surface area contributed by atoms with Crippen molar-refractivity contribution in [2.24, 2.45) is 16.9 Å². The molecule has 0 aliphatic rings. The molecule has 6 N–H and O–H groups in total. The number of rotatable bonds is 35. The first kappa shape index (κ1) is 45.9. The van der Waals surface area contributed by atoms with Crippen LogP contribution in [0, 0.1) is 5.41 Å². The fraction of sp³-hybridized carbons (Fsp3) is 0.850. The Morgan fingerprint density at radius 3 is 1.19 bits per heavy atom. The van der Waals surface area contributed by atoms with E-state index in [-0.39, 0.29) is 12.8 Å². The van der Waals surface area contributed by atoms with Gasteiger partial charge in [-0.3, -0.25) is 20.1 Å². The first-order valence-corrected chi connectivity index (χ1v) is 19.9. The predicted octanol–water partition coefficient (Wildman–Crippen LogP) is 9.46. The molecule has 0 saturated carbocycles. The van der Waals surface area contributed by atoms with Gasteiger partial charge in [-0.15, -0.1) is 0 Å². The van der Waals surface area contributed by atoms with Crippen LogP contribution in [0.5, 0.6) is 0 Å². The molecule has 48 heavy (non-hydrogen) atoms. The highest BCUT2D eigenvalue weighted by Crippen LogP contribution is 2.35. The zero-order valence-corrected chi connectivity index (χ0v) is 31.4. The van der Waals surface area contributed by atoms with Crippen LogP contribution in [0.2, 0.25) is 0 Å². The zero-order chi connectivity index (χ0) is 35.9. The molecule has 8 heteroatoms. The van der Waals surface area contributed by atoms with Crippen molar-refractivity contribution < 1.29 is 24.3 Å². The number of aliphatic carboxylic acids is 1. The van der Waals surface area contributed by atoms with Crippen LogP contribution in [-0.2, 0) is 19.2 Å². The number of hydrogen-bond acceptors (Lipinski definition) is 6. The van der Waals surface area contributed by atoms with Gasteiger partial charge in [0.1, 0.15) is 5.41 Å². The fourth-order valence-electron chi connectivity index (χ4n) is 6.42. The van der Waals surface area contributed by atoms with Gasteiger partial charge >= 0.3 is 5.97 Å². The lowest BCUT2D eigenvalue weighted by Crippen LogP contribution is -2.75. The number of hydrogen-bond donors (Lipinski definition) is 4. The van der Waals surface area contributed by atoms with Gasteiger partial charge in [-0.25, -0.2) is 4.79 Å². The number of carboxylic acids is 1. The van der Waals surface area contributed by atoms with Gasteiger partial charge in [0.05, 0.1) is 6.54 Å². The monoisotopic (exact) mass is 678 g/mol. The number of carbonyl (C=O) groups is 4. The third-order valence-electron chi connectivity index (χ3n) is 9.94. The van der Waals surface area contributed by atoms with E-state index in [0.29, 0.717) is 12.8 Å². The van der Waals surface area contributed by atoms with Gasteiger partial charge in [-0.1, -0.05) is 154 Å². The molecule has 0 bridgehead atoms. The summed E-state index contributed by atoms with van der Waals surface area (Å²) >= 11 is 0. The van der Waals surface area contributed by atoms with Crippen molar-refractivity contribution >= 4 is 23.4 Å². The number of carboxylic acid groups (broad SMARTS) is 1. The van der Waals surface area contributed by atoms with E-state index < -0.39 is 41.1 Å². The maximum Gasteiger partial charge on any atom is 0.346 e. The summed E-state index contributed by atoms with van der Waals surface area (Å²) in [5.74, 6) is -3.52. The molecular weight excluding hydrogens is 602 g/mol. The van der Waals surface area contributed by atoms with E-state index >= 15 is 0 Å². The van der Waals surface area contributed by atoms with Crippen LogP contribution < -0.4 is 16.8 Å². The van der Waals surface area contributed by atoms with Crippen LogP contribution in [-0.4, -0.2) is 40.8 Å². The Bertz CT molecular complexity index is 892. The van der Waals surface area contributed by atoms with E-state index in [1.165, 1.54) is 103 Å². The first-order valence-electron chi connectivity index (χ1n) is 19.9. The summed E-state index contributed by atoms with van der Waals surface area (Å²) in [5, 5.41) is 12.3. The smallest absolute Gasteiger partial charge is 0.346 e. The Hall–Kier alpha value is -2.06. The second-order valence-corrected chi connectivity index (χ2v) is 14.2. The normalized spacial score (nSPS) is 14.1. The van der Waals surface area contributed by atoms with Gasteiger partial charge in [0, 0.05) is 12.8 Å². The fourth-order valence-corrected chi connectivity index (χ4v) is 6.42. The Morgan fingerprint density at radius 2 is 0.875 bits per heavy atom. The van der Waals surface area contributed by atoms with Crippen LogP contribution in [0.15, 0.2) is 12.2 Å². The quantitative estimate of drug-likeness (QED) is 0.0226. The molecule has 8 nitrogen and oxygen atoms in total. The van der Waals surface area contributed by atoms with Crippen LogP contribution >= 0.6 is 0 Å². The lowest BCUT2D eigenvalue weighted by Gasteiger charge is -2.41. The van der Waals surface area contributed by atoms with Gasteiger partial charge in [-0.2, -0.15) is 0 Å². The van der Waals surface area contributed by atoms with Gasteiger partial charge in [0.2, 0.25) is 11.6 Å². The SMILES string of the molecule is CCCCCCCCC=CCCCCCCCC(=O)C(C)(C(=O)CCCCCCCCCCCCCCC)C(N)(NC(=O)CN)C(=O)O. The Balaban J connectivity index is 4.74. The third-order valence-corrected chi connectivity index (χ3v) is 9.94. The Labute approximate surface area is 294 Å². The van der Waals surface area contributed by atoms with E-state index in [1.807, 2.05) is 0 Å². The van der Waals surface area contributed by atoms with Crippen molar-refractivity contribution in [3.63, 3.8) is 0 Å². The topological polar surface area (TPSA) is 153 Å². The van der Waals surface area contributed by atoms with Crippen LogP contribution in [0.25, 0.3) is 0 Å². The molecule has 0 radical (unpaired) electrons. The summed E-state index contributed by atoms with van der Waals surface area (Å²) in [5.41, 5.74) is 7.02. The number of nitrogens with one attached hydrogen (secondary N) is 1. The van der Waals surface area contributed by atoms with Crippen molar-refractivity contribution in [1.82, 2.24) is 5.32 Å². The summed E-state index contributed by atoms with van der Waals surface area (Å²) in [6.45, 7) is 5.27. The van der Waals surface area contributed by atoms with Crippen LogP contribution in [0.4, 0.5) is 0 Å². The molecule has 0 aromatic rings. The largest absolute Gasteiger partial charge is 0.478 e. The van der Waals surface area contributed by atoms with Crippen molar-refractivity contribution in [1.29, 1.82) is 0 Å². The summed E-state index contributed by atoms with van der Waals surface area (Å²) in [7, 11) is 0. The molecule has 280 valence electrons. The number of carbonyl (C=O) groups excluding carboxylic acids is 3. The third kappa shape index (κ3) is 19.8. The standard InChI is InChI=1S/C40H75N3O5/c1-4-6-8-10-12-14-16-18-19-21-23-25-27-29-31-33-36(45)39(3,40(42,38(47)48)43-37(46)34-41)35(44)32-30-28-26-24-22-20-17-15-13-11-9-7-5-2/h18-19H,4-17,20-34,41-42H2,1-3H3,(H,43,46)(H,47,48). The molecule has 0 spiro atoms. The van der Waals surface area contributed by atoms with Crippen molar-refractivity contribution in [3.8, 4) is 0 Å². The van der Waals surface area contributed by atoms with Gasteiger partial charge in [0.25, 0.3) is 0 Å². The number of Topliss-reactive ketones (excluding diaryl/α,β-unsaturated/α-hetero) is 2. The van der Waals surface area contributed by atoms with Crippen molar-refractivity contribution in [2.75, 3.05) is 6.54 Å². The molecule has 2 atom stereocenters. The number of allylic oxidation sites excluding steroid dienone is 2. The molecule has 0 rings (SSSR count). The molecule has 0 fully saturated rings. The zero-order valence-electron chi connectivity index (χ0n) is 31.4. The van der Waals surface area contributed by atoms with Gasteiger partial charge in [0.15, 0.2) is 11.6 Å².